The van der Waals surface area contributed by atoms with E-state index in [0.717, 1.165) is 43.2 Å². The third-order valence-corrected chi connectivity index (χ3v) is 5.33. The Morgan fingerprint density at radius 1 is 1.03 bits per heavy atom. The summed E-state index contributed by atoms with van der Waals surface area (Å²) in [6.45, 7) is 5.16. The van der Waals surface area contributed by atoms with E-state index in [4.69, 9.17) is 0 Å². The Morgan fingerprint density at radius 3 is 2.55 bits per heavy atom. The first-order valence-electron chi connectivity index (χ1n) is 9.91. The van der Waals surface area contributed by atoms with Crippen molar-refractivity contribution in [2.75, 3.05) is 37.6 Å². The Kier molecular flexibility index (Phi) is 5.46. The van der Waals surface area contributed by atoms with E-state index in [-0.39, 0.29) is 11.8 Å². The second kappa shape index (κ2) is 8.34. The topological polar surface area (TPSA) is 70.0 Å². The van der Waals surface area contributed by atoms with Gasteiger partial charge in [0.05, 0.1) is 5.56 Å². The molecule has 1 fully saturated rings. The summed E-state index contributed by atoms with van der Waals surface area (Å²) in [7, 11) is 0. The van der Waals surface area contributed by atoms with Crippen molar-refractivity contribution >= 4 is 23.1 Å². The summed E-state index contributed by atoms with van der Waals surface area (Å²) < 4.78 is 2.05. The number of aromatic nitrogens is 2. The van der Waals surface area contributed by atoms with Crippen LogP contribution in [0.2, 0.25) is 0 Å². The third kappa shape index (κ3) is 4.23. The summed E-state index contributed by atoms with van der Waals surface area (Å²) >= 11 is 0. The first-order chi connectivity index (χ1) is 14.1. The Morgan fingerprint density at radius 2 is 1.83 bits per heavy atom. The molecule has 2 amide bonds. The maximum Gasteiger partial charge on any atom is 0.252 e. The van der Waals surface area contributed by atoms with Crippen molar-refractivity contribution in [2.45, 2.75) is 13.3 Å². The van der Waals surface area contributed by atoms with Crippen molar-refractivity contribution < 1.29 is 9.59 Å². The van der Waals surface area contributed by atoms with Crippen LogP contribution >= 0.6 is 0 Å². The molecule has 0 aromatic carbocycles. The number of piperazine rings is 1. The maximum atomic E-state index is 12.6. The Balaban J connectivity index is 1.44. The summed E-state index contributed by atoms with van der Waals surface area (Å²) in [6, 6.07) is 13.7. The molecule has 4 heterocycles. The fourth-order valence-electron chi connectivity index (χ4n) is 3.68. The second-order valence-corrected chi connectivity index (χ2v) is 7.22. The van der Waals surface area contributed by atoms with Gasteiger partial charge in [0.2, 0.25) is 5.91 Å². The number of nitrogens with zero attached hydrogens (tertiary/aromatic N) is 4. The summed E-state index contributed by atoms with van der Waals surface area (Å²) in [5, 5.41) is 2.97. The summed E-state index contributed by atoms with van der Waals surface area (Å²) in [6.07, 6.45) is 4.34. The van der Waals surface area contributed by atoms with Crippen molar-refractivity contribution in [3.63, 3.8) is 0 Å². The number of carbonyl (C=O) groups excluding carboxylic acids is 2. The van der Waals surface area contributed by atoms with Crippen LogP contribution in [0, 0.1) is 0 Å². The van der Waals surface area contributed by atoms with E-state index in [9.17, 15) is 9.59 Å². The highest BCUT2D eigenvalue weighted by Crippen LogP contribution is 2.22. The molecule has 0 atom stereocenters. The molecule has 150 valence electrons. The molecule has 1 aliphatic heterocycles. The van der Waals surface area contributed by atoms with E-state index in [1.807, 2.05) is 41.4 Å². The highest BCUT2D eigenvalue weighted by molar-refractivity contribution is 5.94. The lowest BCUT2D eigenvalue weighted by atomic mass is 10.2. The van der Waals surface area contributed by atoms with Gasteiger partial charge in [-0.15, -0.1) is 0 Å². The molecule has 4 rings (SSSR count). The van der Waals surface area contributed by atoms with Gasteiger partial charge in [0.15, 0.2) is 0 Å². The summed E-state index contributed by atoms with van der Waals surface area (Å²) in [5.41, 5.74) is 2.62. The molecule has 7 heteroatoms. The number of pyridine rings is 2. The van der Waals surface area contributed by atoms with E-state index in [0.29, 0.717) is 18.5 Å². The van der Waals surface area contributed by atoms with Gasteiger partial charge in [-0.1, -0.05) is 6.07 Å². The predicted octanol–water partition coefficient (Wildman–Crippen LogP) is 1.98. The van der Waals surface area contributed by atoms with Gasteiger partial charge in [-0.05, 0) is 36.4 Å². The molecule has 0 saturated carbocycles. The highest BCUT2D eigenvalue weighted by atomic mass is 16.2. The van der Waals surface area contributed by atoms with E-state index >= 15 is 0 Å². The van der Waals surface area contributed by atoms with Crippen LogP contribution in [0.25, 0.3) is 5.52 Å². The first kappa shape index (κ1) is 19.0. The highest BCUT2D eigenvalue weighted by Gasteiger charge is 2.20. The number of anilines is 1. The summed E-state index contributed by atoms with van der Waals surface area (Å²) in [5.74, 6) is 1.07. The molecule has 7 nitrogen and oxygen atoms in total. The molecule has 0 aliphatic carbocycles. The van der Waals surface area contributed by atoms with Gasteiger partial charge in [-0.25, -0.2) is 0 Å². The number of carbonyl (C=O) groups is 2. The quantitative estimate of drug-likeness (QED) is 0.722. The van der Waals surface area contributed by atoms with E-state index < -0.39 is 0 Å². The Bertz CT molecular complexity index is 1010. The van der Waals surface area contributed by atoms with Crippen molar-refractivity contribution in [3.8, 4) is 0 Å². The average Bonchev–Trinajstić information content (AvgIpc) is 3.17. The molecule has 3 aromatic rings. The fourth-order valence-corrected chi connectivity index (χ4v) is 3.68. The minimum Gasteiger partial charge on any atom is -0.354 e. The molecular weight excluding hydrogens is 366 g/mol. The number of nitrogens with one attached hydrogen (secondary N) is 1. The van der Waals surface area contributed by atoms with Crippen LogP contribution in [0.1, 0.15) is 23.0 Å². The minimum atomic E-state index is -0.0936. The third-order valence-electron chi connectivity index (χ3n) is 5.33. The largest absolute Gasteiger partial charge is 0.354 e. The molecule has 0 radical (unpaired) electrons. The monoisotopic (exact) mass is 391 g/mol. The number of amides is 2. The molecule has 1 aliphatic rings. The first-order valence-corrected chi connectivity index (χ1v) is 9.91. The van der Waals surface area contributed by atoms with E-state index in [1.165, 1.54) is 0 Å². The zero-order valence-electron chi connectivity index (χ0n) is 16.5. The molecule has 3 aromatic heterocycles. The Labute approximate surface area is 169 Å². The lowest BCUT2D eigenvalue weighted by molar-refractivity contribution is -0.129. The lowest BCUT2D eigenvalue weighted by Crippen LogP contribution is -2.48. The van der Waals surface area contributed by atoms with Crippen LogP contribution in [-0.4, -0.2) is 58.8 Å². The van der Waals surface area contributed by atoms with Gasteiger partial charge in [0, 0.05) is 69.7 Å². The van der Waals surface area contributed by atoms with Gasteiger partial charge < -0.3 is 19.5 Å². The summed E-state index contributed by atoms with van der Waals surface area (Å²) in [4.78, 5) is 32.6. The smallest absolute Gasteiger partial charge is 0.252 e. The average molecular weight is 391 g/mol. The molecular formula is C22H25N5O2. The SMILES string of the molecule is CC(=O)N1CCN(c2ccc3ccc(C(=O)NCCc4ccccn4)cn23)CC1. The number of hydrogen-bond donors (Lipinski definition) is 1. The van der Waals surface area contributed by atoms with Crippen LogP contribution in [0.5, 0.6) is 0 Å². The van der Waals surface area contributed by atoms with Crippen molar-refractivity contribution in [2.24, 2.45) is 0 Å². The molecule has 0 bridgehead atoms. The predicted molar refractivity (Wildman–Crippen MR) is 112 cm³/mol. The Hall–Kier alpha value is -3.35. The van der Waals surface area contributed by atoms with Crippen LogP contribution < -0.4 is 10.2 Å². The number of rotatable bonds is 5. The van der Waals surface area contributed by atoms with Crippen LogP contribution in [0.4, 0.5) is 5.82 Å². The van der Waals surface area contributed by atoms with E-state index in [1.54, 1.807) is 13.1 Å². The lowest BCUT2D eigenvalue weighted by Gasteiger charge is -2.35. The molecule has 1 saturated heterocycles. The molecule has 29 heavy (non-hydrogen) atoms. The normalized spacial score (nSPS) is 14.2. The number of hydrogen-bond acceptors (Lipinski definition) is 4. The van der Waals surface area contributed by atoms with Gasteiger partial charge in [-0.2, -0.15) is 0 Å². The molecule has 0 spiro atoms. The van der Waals surface area contributed by atoms with E-state index in [2.05, 4.69) is 31.7 Å². The number of fused-ring (bicyclic) bond motifs is 1. The maximum absolute atomic E-state index is 12.6. The van der Waals surface area contributed by atoms with Crippen molar-refractivity contribution in [1.82, 2.24) is 19.6 Å². The van der Waals surface area contributed by atoms with Crippen LogP contribution in [0.15, 0.2) is 54.9 Å². The second-order valence-electron chi connectivity index (χ2n) is 7.22. The molecule has 1 N–H and O–H groups in total. The van der Waals surface area contributed by atoms with Crippen molar-refractivity contribution in [3.05, 3.63) is 66.1 Å². The van der Waals surface area contributed by atoms with Crippen molar-refractivity contribution in [1.29, 1.82) is 0 Å². The van der Waals surface area contributed by atoms with Gasteiger partial charge in [-0.3, -0.25) is 14.6 Å². The fraction of sp³-hybridized carbons (Fsp3) is 0.318. The van der Waals surface area contributed by atoms with Crippen LogP contribution in [-0.2, 0) is 11.2 Å². The van der Waals surface area contributed by atoms with Gasteiger partial charge >= 0.3 is 0 Å². The van der Waals surface area contributed by atoms with Gasteiger partial charge in [0.25, 0.3) is 5.91 Å². The van der Waals surface area contributed by atoms with Gasteiger partial charge in [0.1, 0.15) is 5.82 Å². The zero-order valence-corrected chi connectivity index (χ0v) is 16.5. The van der Waals surface area contributed by atoms with Crippen LogP contribution in [0.3, 0.4) is 0 Å². The molecule has 0 unspecified atom stereocenters. The minimum absolute atomic E-state index is 0.0936. The zero-order chi connectivity index (χ0) is 20.2. The standard InChI is InChI=1S/C22H25N5O2/c1-17(28)25-12-14-26(15-13-25)21-8-7-20-6-5-18(16-27(20)21)22(29)24-11-9-19-4-2-3-10-23-19/h2-8,10,16H,9,11-15H2,1H3,(H,24,29).